The Morgan fingerprint density at radius 2 is 2.46 bits per heavy atom. The predicted octanol–water partition coefficient (Wildman–Crippen LogP) is 0.711. The van der Waals surface area contributed by atoms with Gasteiger partial charge >= 0.3 is 0 Å². The highest BCUT2D eigenvalue weighted by molar-refractivity contribution is 5.73. The summed E-state index contributed by atoms with van der Waals surface area (Å²) in [6, 6.07) is 0. The molecule has 0 aromatic carbocycles. The van der Waals surface area contributed by atoms with E-state index in [0.29, 0.717) is 5.82 Å². The minimum absolute atomic E-state index is 0.677. The van der Waals surface area contributed by atoms with Crippen molar-refractivity contribution in [3.63, 3.8) is 0 Å². The fourth-order valence-corrected chi connectivity index (χ4v) is 1.57. The molecule has 0 spiro atoms. The number of anilines is 1. The molecule has 13 heavy (non-hydrogen) atoms. The second kappa shape index (κ2) is 3.22. The lowest BCUT2D eigenvalue weighted by atomic mass is 10.0. The van der Waals surface area contributed by atoms with Gasteiger partial charge in [0.15, 0.2) is 0 Å². The van der Waals surface area contributed by atoms with Gasteiger partial charge in [0.25, 0.3) is 0 Å². The molecule has 1 aliphatic heterocycles. The van der Waals surface area contributed by atoms with E-state index in [-0.39, 0.29) is 0 Å². The van der Waals surface area contributed by atoms with Crippen molar-refractivity contribution >= 4 is 11.4 Å². The van der Waals surface area contributed by atoms with E-state index >= 15 is 0 Å². The number of H-pyrrole nitrogens is 1. The summed E-state index contributed by atoms with van der Waals surface area (Å²) in [5.41, 5.74) is 8.11. The second-order valence-electron chi connectivity index (χ2n) is 3.44. The summed E-state index contributed by atoms with van der Waals surface area (Å²) in [5, 5.41) is 6.66. The first-order valence-electron chi connectivity index (χ1n) is 4.44. The third kappa shape index (κ3) is 1.58. The van der Waals surface area contributed by atoms with E-state index in [0.717, 1.165) is 25.1 Å². The van der Waals surface area contributed by atoms with Crippen LogP contribution in [-0.2, 0) is 0 Å². The van der Waals surface area contributed by atoms with Crippen LogP contribution in [0.2, 0.25) is 0 Å². The number of rotatable bonds is 1. The van der Waals surface area contributed by atoms with Gasteiger partial charge in [0.05, 0.1) is 6.20 Å². The zero-order valence-corrected chi connectivity index (χ0v) is 7.75. The minimum atomic E-state index is 0.677. The van der Waals surface area contributed by atoms with Gasteiger partial charge in [0.2, 0.25) is 0 Å². The Labute approximate surface area is 77.4 Å². The molecule has 0 amide bonds. The minimum Gasteiger partial charge on any atom is -0.384 e. The number of nitrogens with one attached hydrogen (secondary N) is 1. The summed E-state index contributed by atoms with van der Waals surface area (Å²) in [5.74, 6) is 0.677. The van der Waals surface area contributed by atoms with E-state index in [9.17, 15) is 0 Å². The van der Waals surface area contributed by atoms with Crippen molar-refractivity contribution in [2.24, 2.45) is 0 Å². The molecule has 0 saturated heterocycles. The molecule has 70 valence electrons. The number of nitrogen functional groups attached to an aromatic ring is 1. The number of nitrogens with two attached hydrogens (primary N) is 1. The lowest BCUT2D eigenvalue weighted by Crippen LogP contribution is -2.23. The maximum absolute atomic E-state index is 5.73. The smallest absolute Gasteiger partial charge is 0.126 e. The van der Waals surface area contributed by atoms with Crippen molar-refractivity contribution in [1.29, 1.82) is 0 Å². The Kier molecular flexibility index (Phi) is 2.06. The van der Waals surface area contributed by atoms with Crippen LogP contribution < -0.4 is 5.73 Å². The van der Waals surface area contributed by atoms with Crippen LogP contribution in [0, 0.1) is 0 Å². The molecule has 3 N–H and O–H groups in total. The molecule has 4 heteroatoms. The fraction of sp³-hybridized carbons (Fsp3) is 0.444. The number of hydrogen-bond donors (Lipinski definition) is 2. The van der Waals surface area contributed by atoms with Crippen LogP contribution in [0.25, 0.3) is 5.57 Å². The molecule has 0 fully saturated rings. The quantitative estimate of drug-likeness (QED) is 0.666. The molecule has 2 heterocycles. The summed E-state index contributed by atoms with van der Waals surface area (Å²) < 4.78 is 0. The van der Waals surface area contributed by atoms with Crippen molar-refractivity contribution in [3.8, 4) is 0 Å². The largest absolute Gasteiger partial charge is 0.384 e. The van der Waals surface area contributed by atoms with Crippen LogP contribution in [0.4, 0.5) is 5.82 Å². The van der Waals surface area contributed by atoms with Gasteiger partial charge in [0, 0.05) is 18.7 Å². The summed E-state index contributed by atoms with van der Waals surface area (Å²) in [4.78, 5) is 2.28. The van der Waals surface area contributed by atoms with E-state index in [2.05, 4.69) is 28.2 Å². The van der Waals surface area contributed by atoms with E-state index in [1.54, 1.807) is 6.20 Å². The molecular weight excluding hydrogens is 164 g/mol. The summed E-state index contributed by atoms with van der Waals surface area (Å²) >= 11 is 0. The number of hydrogen-bond acceptors (Lipinski definition) is 3. The van der Waals surface area contributed by atoms with E-state index in [4.69, 9.17) is 5.73 Å². The van der Waals surface area contributed by atoms with E-state index in [1.165, 1.54) is 5.57 Å². The van der Waals surface area contributed by atoms with Gasteiger partial charge in [-0.3, -0.25) is 5.10 Å². The van der Waals surface area contributed by atoms with Crippen LogP contribution in [-0.4, -0.2) is 35.2 Å². The lowest BCUT2D eigenvalue weighted by molar-refractivity contribution is 0.370. The normalized spacial score (nSPS) is 18.7. The molecule has 0 atom stereocenters. The molecule has 1 aromatic heterocycles. The third-order valence-electron chi connectivity index (χ3n) is 2.43. The zero-order chi connectivity index (χ0) is 9.26. The fourth-order valence-electron chi connectivity index (χ4n) is 1.57. The Bertz CT molecular complexity index is 326. The highest BCUT2D eigenvalue weighted by Gasteiger charge is 2.12. The first-order valence-corrected chi connectivity index (χ1v) is 4.44. The van der Waals surface area contributed by atoms with Crippen LogP contribution in [0.3, 0.4) is 0 Å². The third-order valence-corrected chi connectivity index (χ3v) is 2.43. The highest BCUT2D eigenvalue weighted by Crippen LogP contribution is 2.24. The van der Waals surface area contributed by atoms with E-state index < -0.39 is 0 Å². The lowest BCUT2D eigenvalue weighted by Gasteiger charge is -2.21. The summed E-state index contributed by atoms with van der Waals surface area (Å²) in [6.07, 6.45) is 5.07. The van der Waals surface area contributed by atoms with Crippen molar-refractivity contribution in [2.75, 3.05) is 25.9 Å². The number of nitrogens with zero attached hydrogens (tertiary/aromatic N) is 2. The molecule has 1 aliphatic rings. The van der Waals surface area contributed by atoms with Crippen molar-refractivity contribution < 1.29 is 0 Å². The first-order chi connectivity index (χ1) is 6.27. The van der Waals surface area contributed by atoms with Crippen molar-refractivity contribution in [2.45, 2.75) is 6.42 Å². The molecular formula is C9H14N4. The van der Waals surface area contributed by atoms with Crippen LogP contribution in [0.15, 0.2) is 12.3 Å². The molecule has 0 unspecified atom stereocenters. The molecule has 4 nitrogen and oxygen atoms in total. The zero-order valence-electron chi connectivity index (χ0n) is 7.75. The van der Waals surface area contributed by atoms with Gasteiger partial charge in [-0.25, -0.2) is 0 Å². The highest BCUT2D eigenvalue weighted by atomic mass is 15.1. The van der Waals surface area contributed by atoms with Crippen molar-refractivity contribution in [3.05, 3.63) is 17.8 Å². The average molecular weight is 178 g/mol. The summed E-state index contributed by atoms with van der Waals surface area (Å²) in [6.45, 7) is 2.09. The molecule has 0 bridgehead atoms. The monoisotopic (exact) mass is 178 g/mol. The topological polar surface area (TPSA) is 57.9 Å². The van der Waals surface area contributed by atoms with Gasteiger partial charge in [-0.05, 0) is 19.0 Å². The predicted molar refractivity (Wildman–Crippen MR) is 53.1 cm³/mol. The number of likely N-dealkylation sites (N-methyl/N-ethyl adjacent to an activating group) is 1. The van der Waals surface area contributed by atoms with Gasteiger partial charge in [0.1, 0.15) is 5.82 Å². The van der Waals surface area contributed by atoms with Crippen LogP contribution in [0.1, 0.15) is 12.0 Å². The van der Waals surface area contributed by atoms with Gasteiger partial charge in [-0.1, -0.05) is 6.08 Å². The molecule has 0 radical (unpaired) electrons. The Morgan fingerprint density at radius 1 is 1.62 bits per heavy atom. The molecule has 0 aliphatic carbocycles. The van der Waals surface area contributed by atoms with Gasteiger partial charge in [-0.2, -0.15) is 5.10 Å². The van der Waals surface area contributed by atoms with Crippen LogP contribution in [0.5, 0.6) is 0 Å². The summed E-state index contributed by atoms with van der Waals surface area (Å²) in [7, 11) is 2.12. The number of aromatic amines is 1. The van der Waals surface area contributed by atoms with Crippen molar-refractivity contribution in [1.82, 2.24) is 15.1 Å². The first kappa shape index (κ1) is 8.31. The Hall–Kier alpha value is -1.29. The Balaban J connectivity index is 2.23. The van der Waals surface area contributed by atoms with Gasteiger partial charge < -0.3 is 10.6 Å². The molecule has 2 rings (SSSR count). The maximum atomic E-state index is 5.73. The SMILES string of the molecule is CN1CC=C(c2cn[nH]c2N)CC1. The molecule has 1 aromatic rings. The van der Waals surface area contributed by atoms with Crippen LogP contribution >= 0.6 is 0 Å². The standard InChI is InChI=1S/C9H14N4/c1-13-4-2-7(3-5-13)8-6-11-12-9(8)10/h2,6H,3-5H2,1H3,(H3,10,11,12). The average Bonchev–Trinajstić information content (AvgIpc) is 2.53. The number of aromatic nitrogens is 2. The van der Waals surface area contributed by atoms with E-state index in [1.807, 2.05) is 0 Å². The molecule has 0 saturated carbocycles. The Morgan fingerprint density at radius 3 is 3.00 bits per heavy atom. The van der Waals surface area contributed by atoms with Gasteiger partial charge in [-0.15, -0.1) is 0 Å². The second-order valence-corrected chi connectivity index (χ2v) is 3.44. The maximum Gasteiger partial charge on any atom is 0.126 e.